The molecule has 0 radical (unpaired) electrons. The molecule has 140 valence electrons. The third-order valence-electron chi connectivity index (χ3n) is 3.64. The molecule has 0 heterocycles. The SMILES string of the molecule is C=CCOc1ccccc1C(=O)NNC(=S)NC(=O)Cc1ccccc1C. The van der Waals surface area contributed by atoms with Gasteiger partial charge in [-0.05, 0) is 42.4 Å². The summed E-state index contributed by atoms with van der Waals surface area (Å²) in [4.78, 5) is 24.4. The molecule has 2 amide bonds. The molecule has 7 heteroatoms. The maximum absolute atomic E-state index is 12.3. The van der Waals surface area contributed by atoms with E-state index in [-0.39, 0.29) is 24.0 Å². The van der Waals surface area contributed by atoms with Crippen molar-refractivity contribution in [3.63, 3.8) is 0 Å². The monoisotopic (exact) mass is 383 g/mol. The number of nitrogens with one attached hydrogen (secondary N) is 3. The van der Waals surface area contributed by atoms with Crippen LogP contribution in [-0.2, 0) is 11.2 Å². The minimum atomic E-state index is -0.440. The van der Waals surface area contributed by atoms with Gasteiger partial charge in [0.25, 0.3) is 5.91 Å². The summed E-state index contributed by atoms with van der Waals surface area (Å²) >= 11 is 5.05. The highest BCUT2D eigenvalue weighted by Gasteiger charge is 2.13. The molecule has 2 aromatic rings. The molecule has 0 unspecified atom stereocenters. The van der Waals surface area contributed by atoms with Crippen LogP contribution < -0.4 is 20.9 Å². The van der Waals surface area contributed by atoms with Crippen molar-refractivity contribution in [2.24, 2.45) is 0 Å². The van der Waals surface area contributed by atoms with Crippen LogP contribution in [0, 0.1) is 6.92 Å². The Balaban J connectivity index is 1.86. The Morgan fingerprint density at radius 1 is 1.11 bits per heavy atom. The van der Waals surface area contributed by atoms with Crippen molar-refractivity contribution in [1.82, 2.24) is 16.2 Å². The van der Waals surface area contributed by atoms with Gasteiger partial charge in [-0.25, -0.2) is 0 Å². The van der Waals surface area contributed by atoms with Crippen molar-refractivity contribution in [2.45, 2.75) is 13.3 Å². The first-order valence-electron chi connectivity index (χ1n) is 8.28. The molecule has 0 aliphatic heterocycles. The van der Waals surface area contributed by atoms with Crippen LogP contribution in [0.15, 0.2) is 61.2 Å². The first kappa shape index (κ1) is 20.1. The van der Waals surface area contributed by atoms with Gasteiger partial charge >= 0.3 is 0 Å². The molecule has 0 atom stereocenters. The Labute approximate surface area is 163 Å². The fourth-order valence-corrected chi connectivity index (χ4v) is 2.46. The van der Waals surface area contributed by atoms with E-state index in [1.807, 2.05) is 31.2 Å². The van der Waals surface area contributed by atoms with Crippen LogP contribution in [0.25, 0.3) is 0 Å². The number of carbonyl (C=O) groups excluding carboxylic acids is 2. The fraction of sp³-hybridized carbons (Fsp3) is 0.150. The van der Waals surface area contributed by atoms with E-state index in [2.05, 4.69) is 22.7 Å². The minimum Gasteiger partial charge on any atom is -0.489 e. The Hall–Kier alpha value is -3.19. The summed E-state index contributed by atoms with van der Waals surface area (Å²) in [6.45, 7) is 5.80. The van der Waals surface area contributed by atoms with Crippen LogP contribution in [0.4, 0.5) is 0 Å². The summed E-state index contributed by atoms with van der Waals surface area (Å²) in [5, 5.41) is 2.54. The fourth-order valence-electron chi connectivity index (χ4n) is 2.29. The standard InChI is InChI=1S/C20H21N3O3S/c1-3-12-26-17-11-7-6-10-16(17)19(25)22-23-20(27)21-18(24)13-15-9-5-4-8-14(15)2/h3-11H,1,12-13H2,2H3,(H,22,25)(H2,21,23,24,27). The molecule has 3 N–H and O–H groups in total. The summed E-state index contributed by atoms with van der Waals surface area (Å²) < 4.78 is 5.45. The van der Waals surface area contributed by atoms with Crippen LogP contribution >= 0.6 is 12.2 Å². The normalized spacial score (nSPS) is 9.81. The number of hydrazine groups is 1. The number of benzene rings is 2. The lowest BCUT2D eigenvalue weighted by molar-refractivity contribution is -0.119. The second-order valence-corrected chi connectivity index (χ2v) is 6.06. The average Bonchev–Trinajstić information content (AvgIpc) is 2.66. The number of hydrogen-bond acceptors (Lipinski definition) is 4. The molecule has 0 spiro atoms. The Bertz CT molecular complexity index is 852. The van der Waals surface area contributed by atoms with Crippen LogP contribution in [0.5, 0.6) is 5.75 Å². The highest BCUT2D eigenvalue weighted by atomic mass is 32.1. The maximum Gasteiger partial charge on any atom is 0.273 e. The first-order valence-corrected chi connectivity index (χ1v) is 8.69. The van der Waals surface area contributed by atoms with Gasteiger partial charge in [-0.15, -0.1) is 0 Å². The topological polar surface area (TPSA) is 79.5 Å². The summed E-state index contributed by atoms with van der Waals surface area (Å²) in [5.41, 5.74) is 7.24. The van der Waals surface area contributed by atoms with E-state index in [4.69, 9.17) is 17.0 Å². The van der Waals surface area contributed by atoms with E-state index in [0.717, 1.165) is 11.1 Å². The second-order valence-electron chi connectivity index (χ2n) is 5.66. The number of carbonyl (C=O) groups is 2. The Morgan fingerprint density at radius 2 is 1.81 bits per heavy atom. The minimum absolute atomic E-state index is 0.00595. The highest BCUT2D eigenvalue weighted by molar-refractivity contribution is 7.80. The van der Waals surface area contributed by atoms with Crippen LogP contribution in [0.3, 0.4) is 0 Å². The van der Waals surface area contributed by atoms with Crippen LogP contribution in [0.1, 0.15) is 21.5 Å². The van der Waals surface area contributed by atoms with E-state index in [0.29, 0.717) is 11.3 Å². The quantitative estimate of drug-likeness (QED) is 0.406. The van der Waals surface area contributed by atoms with Gasteiger partial charge < -0.3 is 10.1 Å². The molecule has 0 saturated carbocycles. The predicted molar refractivity (Wildman–Crippen MR) is 108 cm³/mol. The number of hydrogen-bond donors (Lipinski definition) is 3. The lowest BCUT2D eigenvalue weighted by Gasteiger charge is -2.13. The van der Waals surface area contributed by atoms with Crippen molar-refractivity contribution in [3.05, 3.63) is 77.9 Å². The van der Waals surface area contributed by atoms with Crippen molar-refractivity contribution in [1.29, 1.82) is 0 Å². The molecule has 0 aromatic heterocycles. The van der Waals surface area contributed by atoms with E-state index < -0.39 is 5.91 Å². The van der Waals surface area contributed by atoms with Crippen LogP contribution in [0.2, 0.25) is 0 Å². The molecule has 0 saturated heterocycles. The van der Waals surface area contributed by atoms with Gasteiger partial charge in [0.05, 0.1) is 12.0 Å². The Kier molecular flexibility index (Phi) is 7.51. The van der Waals surface area contributed by atoms with Crippen molar-refractivity contribution < 1.29 is 14.3 Å². The van der Waals surface area contributed by atoms with Gasteiger partial charge in [-0.3, -0.25) is 20.4 Å². The van der Waals surface area contributed by atoms with E-state index in [1.165, 1.54) is 0 Å². The molecule has 0 bridgehead atoms. The second kappa shape index (κ2) is 10.1. The molecule has 0 aliphatic carbocycles. The molecule has 6 nitrogen and oxygen atoms in total. The lowest BCUT2D eigenvalue weighted by atomic mass is 10.1. The molecule has 0 aliphatic rings. The first-order chi connectivity index (χ1) is 13.0. The number of aryl methyl sites for hydroxylation is 1. The molecule has 27 heavy (non-hydrogen) atoms. The zero-order valence-corrected chi connectivity index (χ0v) is 15.8. The molecular weight excluding hydrogens is 362 g/mol. The third-order valence-corrected chi connectivity index (χ3v) is 3.85. The van der Waals surface area contributed by atoms with Crippen molar-refractivity contribution >= 4 is 29.1 Å². The highest BCUT2D eigenvalue weighted by Crippen LogP contribution is 2.17. The zero-order valence-electron chi connectivity index (χ0n) is 15.0. The zero-order chi connectivity index (χ0) is 19.6. The molecule has 2 aromatic carbocycles. The number of ether oxygens (including phenoxy) is 1. The van der Waals surface area contributed by atoms with Crippen LogP contribution in [-0.4, -0.2) is 23.5 Å². The van der Waals surface area contributed by atoms with Gasteiger partial charge in [0.1, 0.15) is 12.4 Å². The average molecular weight is 383 g/mol. The van der Waals surface area contributed by atoms with Gasteiger partial charge in [0, 0.05) is 0 Å². The summed E-state index contributed by atoms with van der Waals surface area (Å²) in [6.07, 6.45) is 1.78. The van der Waals surface area contributed by atoms with Crippen molar-refractivity contribution in [3.8, 4) is 5.75 Å². The molecule has 0 fully saturated rings. The van der Waals surface area contributed by atoms with Gasteiger partial charge in [-0.2, -0.15) is 0 Å². The predicted octanol–water partition coefficient (Wildman–Crippen LogP) is 2.44. The third kappa shape index (κ3) is 6.23. The largest absolute Gasteiger partial charge is 0.489 e. The van der Waals surface area contributed by atoms with E-state index in [9.17, 15) is 9.59 Å². The Morgan fingerprint density at radius 3 is 2.56 bits per heavy atom. The smallest absolute Gasteiger partial charge is 0.273 e. The molecule has 2 rings (SSSR count). The maximum atomic E-state index is 12.3. The summed E-state index contributed by atoms with van der Waals surface area (Å²) in [6, 6.07) is 14.4. The number of amides is 2. The molecular formula is C20H21N3O3S. The number of rotatable bonds is 6. The van der Waals surface area contributed by atoms with Gasteiger partial charge in [-0.1, -0.05) is 49.1 Å². The number of thiocarbonyl (C=S) groups is 1. The summed E-state index contributed by atoms with van der Waals surface area (Å²) in [7, 11) is 0. The van der Waals surface area contributed by atoms with Gasteiger partial charge in [0.2, 0.25) is 5.91 Å². The summed E-state index contributed by atoms with van der Waals surface area (Å²) in [5.74, 6) is -0.290. The van der Waals surface area contributed by atoms with E-state index >= 15 is 0 Å². The lowest BCUT2D eigenvalue weighted by Crippen LogP contribution is -2.48. The van der Waals surface area contributed by atoms with Crippen molar-refractivity contribution in [2.75, 3.05) is 6.61 Å². The van der Waals surface area contributed by atoms with E-state index in [1.54, 1.807) is 30.3 Å². The number of para-hydroxylation sites is 1. The van der Waals surface area contributed by atoms with Gasteiger partial charge in [0.15, 0.2) is 5.11 Å².